The van der Waals surface area contributed by atoms with Gasteiger partial charge in [-0.2, -0.15) is 0 Å². The molecule has 0 fully saturated rings. The minimum absolute atomic E-state index is 0.322. The summed E-state index contributed by atoms with van der Waals surface area (Å²) < 4.78 is 22.8. The zero-order valence-corrected chi connectivity index (χ0v) is 11.6. The summed E-state index contributed by atoms with van der Waals surface area (Å²) in [5.41, 5.74) is 6.48. The monoisotopic (exact) mass is 271 g/mol. The van der Waals surface area contributed by atoms with Gasteiger partial charge in [0.15, 0.2) is 9.84 Å². The van der Waals surface area contributed by atoms with Gasteiger partial charge in [-0.1, -0.05) is 31.3 Å². The highest BCUT2D eigenvalue weighted by atomic mass is 32.2. The average molecular weight is 271 g/mol. The van der Waals surface area contributed by atoms with Crippen molar-refractivity contribution in [3.8, 4) is 0 Å². The van der Waals surface area contributed by atoms with Crippen LogP contribution in [0.1, 0.15) is 18.9 Å². The Kier molecular flexibility index (Phi) is 4.65. The highest BCUT2D eigenvalue weighted by Crippen LogP contribution is 2.16. The molecule has 1 unspecified atom stereocenters. The number of benzene rings is 1. The third-order valence-corrected chi connectivity index (χ3v) is 3.74. The quantitative estimate of drug-likeness (QED) is 0.832. The summed E-state index contributed by atoms with van der Waals surface area (Å²) in [6.07, 6.45) is 2.67. The van der Waals surface area contributed by atoms with Crippen LogP contribution >= 0.6 is 12.2 Å². The van der Waals surface area contributed by atoms with Crippen LogP contribution in [0.5, 0.6) is 0 Å². The maximum absolute atomic E-state index is 11.4. The van der Waals surface area contributed by atoms with Crippen molar-refractivity contribution in [3.63, 3.8) is 0 Å². The second kappa shape index (κ2) is 5.60. The molecule has 17 heavy (non-hydrogen) atoms. The van der Waals surface area contributed by atoms with E-state index in [1.54, 1.807) is 18.2 Å². The topological polar surface area (TPSA) is 60.2 Å². The molecule has 0 radical (unpaired) electrons. The Hall–Kier alpha value is -0.940. The Bertz CT molecular complexity index is 509. The van der Waals surface area contributed by atoms with Crippen molar-refractivity contribution in [1.29, 1.82) is 0 Å². The van der Waals surface area contributed by atoms with Crippen molar-refractivity contribution < 1.29 is 8.42 Å². The largest absolute Gasteiger partial charge is 0.393 e. The van der Waals surface area contributed by atoms with Crippen LogP contribution in [0.4, 0.5) is 0 Å². The van der Waals surface area contributed by atoms with Crippen LogP contribution in [0.25, 0.3) is 0 Å². The van der Waals surface area contributed by atoms with Gasteiger partial charge in [-0.25, -0.2) is 8.42 Å². The maximum atomic E-state index is 11.4. The average Bonchev–Trinajstić information content (AvgIpc) is 2.15. The second-order valence-corrected chi connectivity index (χ2v) is 6.94. The van der Waals surface area contributed by atoms with E-state index >= 15 is 0 Å². The molecule has 0 spiro atoms. The van der Waals surface area contributed by atoms with E-state index in [1.165, 1.54) is 6.26 Å². The molecule has 1 aromatic carbocycles. The second-order valence-electron chi connectivity index (χ2n) is 4.40. The minimum atomic E-state index is -3.13. The molecule has 0 aliphatic rings. The van der Waals surface area contributed by atoms with Crippen molar-refractivity contribution >= 4 is 27.0 Å². The molecule has 0 amide bonds. The molecule has 0 aliphatic carbocycles. The Balaban J connectivity index is 2.83. The van der Waals surface area contributed by atoms with Gasteiger partial charge in [-0.15, -0.1) is 0 Å². The molecule has 0 heterocycles. The summed E-state index contributed by atoms with van der Waals surface area (Å²) >= 11 is 4.85. The summed E-state index contributed by atoms with van der Waals surface area (Å²) in [6.45, 7) is 2.05. The van der Waals surface area contributed by atoms with E-state index in [0.29, 0.717) is 22.2 Å². The van der Waals surface area contributed by atoms with E-state index in [9.17, 15) is 8.42 Å². The van der Waals surface area contributed by atoms with Gasteiger partial charge in [0.2, 0.25) is 0 Å². The van der Waals surface area contributed by atoms with Crippen LogP contribution < -0.4 is 5.73 Å². The molecular weight excluding hydrogens is 254 g/mol. The Labute approximate surface area is 108 Å². The summed E-state index contributed by atoms with van der Waals surface area (Å²) in [5, 5.41) is 0. The minimum Gasteiger partial charge on any atom is -0.393 e. The van der Waals surface area contributed by atoms with E-state index in [1.807, 2.05) is 13.0 Å². The lowest BCUT2D eigenvalue weighted by molar-refractivity contribution is 0.597. The first-order chi connectivity index (χ1) is 7.79. The molecule has 2 N–H and O–H groups in total. The van der Waals surface area contributed by atoms with Crippen molar-refractivity contribution in [2.24, 2.45) is 11.7 Å². The maximum Gasteiger partial charge on any atom is 0.175 e. The van der Waals surface area contributed by atoms with Gasteiger partial charge in [0.05, 0.1) is 9.88 Å². The summed E-state index contributed by atoms with van der Waals surface area (Å²) in [5.74, 6) is 0.322. The van der Waals surface area contributed by atoms with Crippen LogP contribution in [0.3, 0.4) is 0 Å². The lowest BCUT2D eigenvalue weighted by Crippen LogP contribution is -2.14. The van der Waals surface area contributed by atoms with E-state index < -0.39 is 9.84 Å². The van der Waals surface area contributed by atoms with Gasteiger partial charge < -0.3 is 5.73 Å². The number of rotatable bonds is 5. The smallest absolute Gasteiger partial charge is 0.175 e. The number of hydrogen-bond donors (Lipinski definition) is 1. The van der Waals surface area contributed by atoms with Crippen LogP contribution in [0.15, 0.2) is 29.2 Å². The van der Waals surface area contributed by atoms with E-state index in [-0.39, 0.29) is 0 Å². The first-order valence-corrected chi connectivity index (χ1v) is 7.66. The summed E-state index contributed by atoms with van der Waals surface area (Å²) in [4.78, 5) is 0.856. The van der Waals surface area contributed by atoms with Gasteiger partial charge in [0.1, 0.15) is 0 Å². The molecule has 5 heteroatoms. The lowest BCUT2D eigenvalue weighted by Gasteiger charge is -2.11. The summed E-state index contributed by atoms with van der Waals surface area (Å²) in [7, 11) is -3.13. The van der Waals surface area contributed by atoms with Gasteiger partial charge in [0.25, 0.3) is 0 Å². The molecule has 0 bridgehead atoms. The zero-order chi connectivity index (χ0) is 13.1. The van der Waals surface area contributed by atoms with Gasteiger partial charge in [0, 0.05) is 12.7 Å². The molecule has 94 valence electrons. The van der Waals surface area contributed by atoms with Gasteiger partial charge in [-0.05, 0) is 30.0 Å². The third kappa shape index (κ3) is 4.83. The van der Waals surface area contributed by atoms with Crippen molar-refractivity contribution in [3.05, 3.63) is 29.8 Å². The zero-order valence-electron chi connectivity index (χ0n) is 10.0. The molecule has 1 aromatic rings. The number of sulfone groups is 1. The Morgan fingerprint density at radius 1 is 1.47 bits per heavy atom. The first kappa shape index (κ1) is 14.1. The van der Waals surface area contributed by atoms with Crippen molar-refractivity contribution in [1.82, 2.24) is 0 Å². The lowest BCUT2D eigenvalue weighted by atomic mass is 9.98. The number of nitrogens with two attached hydrogens (primary N) is 1. The normalized spacial score (nSPS) is 13.3. The molecule has 1 rings (SSSR count). The Morgan fingerprint density at radius 2 is 2.12 bits per heavy atom. The van der Waals surface area contributed by atoms with Crippen LogP contribution in [-0.4, -0.2) is 19.7 Å². The predicted molar refractivity (Wildman–Crippen MR) is 73.8 cm³/mol. The first-order valence-electron chi connectivity index (χ1n) is 5.36. The fourth-order valence-electron chi connectivity index (χ4n) is 1.72. The Morgan fingerprint density at radius 3 is 2.65 bits per heavy atom. The van der Waals surface area contributed by atoms with Crippen LogP contribution in [0, 0.1) is 5.92 Å². The standard InChI is InChI=1S/C12H17NO2S2/c1-9(7-12(13)16)6-10-4-3-5-11(8-10)17(2,14)15/h3-5,8-9H,6-7H2,1-2H3,(H2,13,16). The van der Waals surface area contributed by atoms with Crippen LogP contribution in [-0.2, 0) is 16.3 Å². The molecule has 1 atom stereocenters. The van der Waals surface area contributed by atoms with Gasteiger partial charge in [-0.3, -0.25) is 0 Å². The summed E-state index contributed by atoms with van der Waals surface area (Å²) in [6, 6.07) is 7.01. The van der Waals surface area contributed by atoms with Crippen LogP contribution in [0.2, 0.25) is 0 Å². The highest BCUT2D eigenvalue weighted by Gasteiger charge is 2.09. The van der Waals surface area contributed by atoms with E-state index in [0.717, 1.165) is 12.0 Å². The number of hydrogen-bond acceptors (Lipinski definition) is 3. The number of thiocarbonyl (C=S) groups is 1. The predicted octanol–water partition coefficient (Wildman–Crippen LogP) is 1.94. The fourth-order valence-corrected chi connectivity index (χ4v) is 2.70. The van der Waals surface area contributed by atoms with Crippen molar-refractivity contribution in [2.75, 3.05) is 6.26 Å². The molecule has 0 saturated carbocycles. The highest BCUT2D eigenvalue weighted by molar-refractivity contribution is 7.90. The fraction of sp³-hybridized carbons (Fsp3) is 0.417. The molecule has 0 aromatic heterocycles. The molecule has 0 aliphatic heterocycles. The molecule has 0 saturated heterocycles. The molecule has 3 nitrogen and oxygen atoms in total. The SMILES string of the molecule is CC(CC(N)=S)Cc1cccc(S(C)(=O)=O)c1. The molecular formula is C12H17NO2S2. The van der Waals surface area contributed by atoms with E-state index in [4.69, 9.17) is 18.0 Å². The third-order valence-electron chi connectivity index (χ3n) is 2.46. The van der Waals surface area contributed by atoms with Gasteiger partial charge >= 0.3 is 0 Å². The van der Waals surface area contributed by atoms with E-state index in [2.05, 4.69) is 0 Å². The van der Waals surface area contributed by atoms with Crippen molar-refractivity contribution in [2.45, 2.75) is 24.7 Å².